The van der Waals surface area contributed by atoms with E-state index in [1.807, 2.05) is 7.05 Å². The highest BCUT2D eigenvalue weighted by Crippen LogP contribution is 2.01. The number of aliphatic imine (C=N–C) groups is 1. The van der Waals surface area contributed by atoms with Gasteiger partial charge in [0.25, 0.3) is 0 Å². The van der Waals surface area contributed by atoms with E-state index in [4.69, 9.17) is 4.74 Å². The molecule has 1 heterocycles. The number of guanidine groups is 1. The second-order valence-electron chi connectivity index (χ2n) is 5.47. The molecule has 130 valence electrons. The topological polar surface area (TPSA) is 48.9 Å². The number of aryl methyl sites for hydroxylation is 1. The number of nitrogens with zero attached hydrogens (tertiary/aromatic N) is 2. The smallest absolute Gasteiger partial charge is 0.191 e. The van der Waals surface area contributed by atoms with Crippen molar-refractivity contribution in [1.82, 2.24) is 15.5 Å². The zero-order valence-corrected chi connectivity index (χ0v) is 16.3. The molecule has 2 rings (SSSR count). The van der Waals surface area contributed by atoms with Gasteiger partial charge in [-0.25, -0.2) is 0 Å². The molecule has 1 aliphatic heterocycles. The van der Waals surface area contributed by atoms with Crippen LogP contribution >= 0.6 is 24.0 Å². The lowest BCUT2D eigenvalue weighted by atomic mass is 10.1. The molecule has 0 amide bonds. The van der Waals surface area contributed by atoms with Crippen LogP contribution in [0.15, 0.2) is 35.3 Å². The average molecular weight is 432 g/mol. The minimum absolute atomic E-state index is 0. The molecule has 0 unspecified atom stereocenters. The van der Waals surface area contributed by atoms with Gasteiger partial charge in [0.15, 0.2) is 5.96 Å². The summed E-state index contributed by atoms with van der Waals surface area (Å²) >= 11 is 0. The number of halogens is 1. The zero-order valence-electron chi connectivity index (χ0n) is 14.0. The lowest BCUT2D eigenvalue weighted by Crippen LogP contribution is -2.44. The summed E-state index contributed by atoms with van der Waals surface area (Å²) < 4.78 is 5.35. The quantitative estimate of drug-likeness (QED) is 0.298. The molecular weight excluding hydrogens is 403 g/mol. The van der Waals surface area contributed by atoms with Crippen LogP contribution in [0.2, 0.25) is 0 Å². The van der Waals surface area contributed by atoms with Gasteiger partial charge in [-0.2, -0.15) is 0 Å². The number of nitrogens with one attached hydrogen (secondary N) is 2. The van der Waals surface area contributed by atoms with Gasteiger partial charge in [0.1, 0.15) is 0 Å². The highest BCUT2D eigenvalue weighted by atomic mass is 127. The van der Waals surface area contributed by atoms with Crippen LogP contribution in [0.4, 0.5) is 0 Å². The molecule has 0 radical (unpaired) electrons. The van der Waals surface area contributed by atoms with Gasteiger partial charge in [-0.15, -0.1) is 24.0 Å². The summed E-state index contributed by atoms with van der Waals surface area (Å²) in [4.78, 5) is 6.68. The van der Waals surface area contributed by atoms with E-state index < -0.39 is 0 Å². The van der Waals surface area contributed by atoms with E-state index in [-0.39, 0.29) is 24.0 Å². The first-order valence-electron chi connectivity index (χ1n) is 8.17. The number of hydrogen-bond donors (Lipinski definition) is 2. The molecule has 1 aromatic carbocycles. The Morgan fingerprint density at radius 1 is 1.13 bits per heavy atom. The first kappa shape index (κ1) is 20.2. The molecule has 0 spiro atoms. The molecule has 23 heavy (non-hydrogen) atoms. The Morgan fingerprint density at radius 3 is 2.52 bits per heavy atom. The van der Waals surface area contributed by atoms with Crippen LogP contribution in [-0.2, 0) is 11.2 Å². The fourth-order valence-electron chi connectivity index (χ4n) is 2.52. The minimum atomic E-state index is 0. The monoisotopic (exact) mass is 432 g/mol. The predicted molar refractivity (Wildman–Crippen MR) is 107 cm³/mol. The second kappa shape index (κ2) is 12.5. The van der Waals surface area contributed by atoms with Crippen molar-refractivity contribution in [2.45, 2.75) is 12.8 Å². The van der Waals surface area contributed by atoms with Gasteiger partial charge in [0.05, 0.1) is 13.2 Å². The third kappa shape index (κ3) is 8.53. The molecule has 0 saturated carbocycles. The molecule has 1 saturated heterocycles. The summed E-state index contributed by atoms with van der Waals surface area (Å²) in [5, 5.41) is 6.74. The molecule has 5 nitrogen and oxygen atoms in total. The second-order valence-corrected chi connectivity index (χ2v) is 5.47. The Hall–Kier alpha value is -0.860. The molecule has 1 fully saturated rings. The van der Waals surface area contributed by atoms with Crippen molar-refractivity contribution in [2.75, 3.05) is 53.0 Å². The summed E-state index contributed by atoms with van der Waals surface area (Å²) in [6.07, 6.45) is 2.20. The van der Waals surface area contributed by atoms with Crippen LogP contribution in [-0.4, -0.2) is 63.8 Å². The molecular formula is C17H29IN4O. The molecule has 6 heteroatoms. The Labute approximate surface area is 156 Å². The molecule has 1 aliphatic rings. The first-order chi connectivity index (χ1) is 10.9. The maximum Gasteiger partial charge on any atom is 0.191 e. The SMILES string of the molecule is CN=C(NCCCc1ccccc1)NCCN1CCOCC1.I. The van der Waals surface area contributed by atoms with E-state index in [0.717, 1.165) is 64.7 Å². The number of ether oxygens (including phenoxy) is 1. The van der Waals surface area contributed by atoms with Crippen molar-refractivity contribution in [3.63, 3.8) is 0 Å². The van der Waals surface area contributed by atoms with Crippen molar-refractivity contribution >= 4 is 29.9 Å². The fraction of sp³-hybridized carbons (Fsp3) is 0.588. The Kier molecular flexibility index (Phi) is 11.0. The molecule has 0 atom stereocenters. The number of morpholine rings is 1. The number of hydrogen-bond acceptors (Lipinski definition) is 3. The normalized spacial score (nSPS) is 15.8. The molecule has 2 N–H and O–H groups in total. The summed E-state index contributed by atoms with van der Waals surface area (Å²) in [6.45, 7) is 6.66. The third-order valence-corrected chi connectivity index (χ3v) is 3.83. The Balaban J connectivity index is 0.00000264. The van der Waals surface area contributed by atoms with Gasteiger partial charge in [-0.05, 0) is 18.4 Å². The van der Waals surface area contributed by atoms with Crippen LogP contribution in [0.1, 0.15) is 12.0 Å². The Bertz CT molecular complexity index is 435. The van der Waals surface area contributed by atoms with Gasteiger partial charge in [-0.3, -0.25) is 9.89 Å². The fourth-order valence-corrected chi connectivity index (χ4v) is 2.52. The third-order valence-electron chi connectivity index (χ3n) is 3.83. The van der Waals surface area contributed by atoms with Crippen LogP contribution in [0.5, 0.6) is 0 Å². The highest BCUT2D eigenvalue weighted by molar-refractivity contribution is 14.0. The van der Waals surface area contributed by atoms with Crippen molar-refractivity contribution in [2.24, 2.45) is 4.99 Å². The van der Waals surface area contributed by atoms with Gasteiger partial charge in [0, 0.05) is 39.8 Å². The average Bonchev–Trinajstić information content (AvgIpc) is 2.59. The van der Waals surface area contributed by atoms with Crippen molar-refractivity contribution < 1.29 is 4.74 Å². The lowest BCUT2D eigenvalue weighted by molar-refractivity contribution is 0.0389. The lowest BCUT2D eigenvalue weighted by Gasteiger charge is -2.26. The van der Waals surface area contributed by atoms with E-state index in [9.17, 15) is 0 Å². The number of benzene rings is 1. The van der Waals surface area contributed by atoms with E-state index in [1.165, 1.54) is 5.56 Å². The summed E-state index contributed by atoms with van der Waals surface area (Å²) in [6, 6.07) is 10.6. The van der Waals surface area contributed by atoms with Crippen LogP contribution in [0.25, 0.3) is 0 Å². The zero-order chi connectivity index (χ0) is 15.5. The van der Waals surface area contributed by atoms with E-state index >= 15 is 0 Å². The van der Waals surface area contributed by atoms with E-state index in [0.29, 0.717) is 0 Å². The van der Waals surface area contributed by atoms with Crippen LogP contribution in [0, 0.1) is 0 Å². The van der Waals surface area contributed by atoms with Gasteiger partial charge in [0.2, 0.25) is 0 Å². The first-order valence-corrected chi connectivity index (χ1v) is 8.17. The maximum absolute atomic E-state index is 5.35. The van der Waals surface area contributed by atoms with Crippen molar-refractivity contribution in [3.8, 4) is 0 Å². The van der Waals surface area contributed by atoms with Gasteiger partial charge < -0.3 is 15.4 Å². The summed E-state index contributed by atoms with van der Waals surface area (Å²) in [5.41, 5.74) is 1.39. The van der Waals surface area contributed by atoms with Crippen molar-refractivity contribution in [1.29, 1.82) is 0 Å². The molecule has 0 aliphatic carbocycles. The standard InChI is InChI=1S/C17H28N4O.HI/c1-18-17(20-10-11-21-12-14-22-15-13-21)19-9-5-8-16-6-3-2-4-7-16;/h2-4,6-7H,5,8-15H2,1H3,(H2,18,19,20);1H. The van der Waals surface area contributed by atoms with Crippen LogP contribution < -0.4 is 10.6 Å². The predicted octanol–water partition coefficient (Wildman–Crippen LogP) is 1.73. The van der Waals surface area contributed by atoms with E-state index in [2.05, 4.69) is 50.9 Å². The molecule has 0 bridgehead atoms. The number of rotatable bonds is 7. The van der Waals surface area contributed by atoms with Gasteiger partial charge in [-0.1, -0.05) is 30.3 Å². The largest absolute Gasteiger partial charge is 0.379 e. The van der Waals surface area contributed by atoms with Crippen LogP contribution in [0.3, 0.4) is 0 Å². The summed E-state index contributed by atoms with van der Waals surface area (Å²) in [5.74, 6) is 0.890. The molecule has 1 aromatic rings. The Morgan fingerprint density at radius 2 is 1.83 bits per heavy atom. The highest BCUT2D eigenvalue weighted by Gasteiger charge is 2.09. The minimum Gasteiger partial charge on any atom is -0.379 e. The van der Waals surface area contributed by atoms with Gasteiger partial charge >= 0.3 is 0 Å². The summed E-state index contributed by atoms with van der Waals surface area (Å²) in [7, 11) is 1.82. The molecule has 0 aromatic heterocycles. The maximum atomic E-state index is 5.35. The van der Waals surface area contributed by atoms with E-state index in [1.54, 1.807) is 0 Å². The van der Waals surface area contributed by atoms with Crippen molar-refractivity contribution in [3.05, 3.63) is 35.9 Å².